The van der Waals surface area contributed by atoms with Crippen molar-refractivity contribution in [3.05, 3.63) is 27.8 Å². The summed E-state index contributed by atoms with van der Waals surface area (Å²) in [6, 6.07) is 2.19. The number of phenols is 1. The van der Waals surface area contributed by atoms with Crippen LogP contribution in [0.2, 0.25) is 0 Å². The molecule has 0 aliphatic heterocycles. The van der Waals surface area contributed by atoms with Crippen molar-refractivity contribution in [2.24, 2.45) is 0 Å². The van der Waals surface area contributed by atoms with Gasteiger partial charge >= 0.3 is 0 Å². The predicted octanol–water partition coefficient (Wildman–Crippen LogP) is 0.801. The van der Waals surface area contributed by atoms with E-state index in [9.17, 15) is 15.2 Å². The lowest BCUT2D eigenvalue weighted by Crippen LogP contribution is -1.94. The molecule has 0 unspecified atom stereocenters. The van der Waals surface area contributed by atoms with Crippen LogP contribution in [0, 0.1) is 10.1 Å². The maximum Gasteiger partial charge on any atom is 0.273 e. The van der Waals surface area contributed by atoms with Gasteiger partial charge in [-0.15, -0.1) is 0 Å². The van der Waals surface area contributed by atoms with Crippen molar-refractivity contribution in [3.63, 3.8) is 0 Å². The van der Waals surface area contributed by atoms with Crippen LogP contribution in [0.5, 0.6) is 11.5 Å². The molecule has 6 nitrogen and oxygen atoms in total. The number of methoxy groups -OCH3 is 1. The summed E-state index contributed by atoms with van der Waals surface area (Å²) in [4.78, 5) is 9.81. The summed E-state index contributed by atoms with van der Waals surface area (Å²) < 4.78 is 4.71. The highest BCUT2D eigenvalue weighted by atomic mass is 16.6. The summed E-state index contributed by atoms with van der Waals surface area (Å²) in [6.07, 6.45) is 0. The second-order valence-corrected chi connectivity index (χ2v) is 2.57. The SMILES string of the molecule is COc1cc([N+](=O)[O-])cc(CO)c1O. The molecular weight excluding hydrogens is 190 g/mol. The first kappa shape index (κ1) is 10.3. The topological polar surface area (TPSA) is 92.8 Å². The highest BCUT2D eigenvalue weighted by molar-refractivity contribution is 5.53. The molecule has 0 radical (unpaired) electrons. The van der Waals surface area contributed by atoms with Crippen molar-refractivity contribution in [2.75, 3.05) is 7.11 Å². The molecular formula is C8H9NO5. The molecule has 0 spiro atoms. The van der Waals surface area contributed by atoms with E-state index < -0.39 is 11.5 Å². The number of hydrogen-bond donors (Lipinski definition) is 2. The first-order chi connectivity index (χ1) is 6.60. The average molecular weight is 199 g/mol. The zero-order valence-electron chi connectivity index (χ0n) is 7.43. The average Bonchev–Trinajstić information content (AvgIpc) is 2.17. The molecule has 0 amide bonds. The monoisotopic (exact) mass is 199 g/mol. The van der Waals surface area contributed by atoms with E-state index in [0.29, 0.717) is 0 Å². The molecule has 0 saturated heterocycles. The van der Waals surface area contributed by atoms with Gasteiger partial charge in [0, 0.05) is 11.6 Å². The lowest BCUT2D eigenvalue weighted by molar-refractivity contribution is -0.385. The third-order valence-corrected chi connectivity index (χ3v) is 1.74. The van der Waals surface area contributed by atoms with E-state index in [1.807, 2.05) is 0 Å². The molecule has 76 valence electrons. The Kier molecular flexibility index (Phi) is 2.88. The molecule has 0 fully saturated rings. The van der Waals surface area contributed by atoms with Crippen LogP contribution in [0.15, 0.2) is 12.1 Å². The number of ether oxygens (including phenoxy) is 1. The highest BCUT2D eigenvalue weighted by Crippen LogP contribution is 2.34. The van der Waals surface area contributed by atoms with Crippen molar-refractivity contribution < 1.29 is 19.9 Å². The van der Waals surface area contributed by atoms with Crippen LogP contribution in [-0.2, 0) is 6.61 Å². The number of non-ortho nitro benzene ring substituents is 1. The lowest BCUT2D eigenvalue weighted by atomic mass is 10.1. The number of hydrogen-bond acceptors (Lipinski definition) is 5. The number of aliphatic hydroxyl groups is 1. The summed E-state index contributed by atoms with van der Waals surface area (Å²) >= 11 is 0. The number of aliphatic hydroxyl groups excluding tert-OH is 1. The van der Waals surface area contributed by atoms with Gasteiger partial charge < -0.3 is 14.9 Å². The zero-order chi connectivity index (χ0) is 10.7. The number of rotatable bonds is 3. The number of benzene rings is 1. The molecule has 0 bridgehead atoms. The third-order valence-electron chi connectivity index (χ3n) is 1.74. The zero-order valence-corrected chi connectivity index (χ0v) is 7.43. The molecule has 2 N–H and O–H groups in total. The molecule has 1 rings (SSSR count). The van der Waals surface area contributed by atoms with Crippen molar-refractivity contribution in [2.45, 2.75) is 6.61 Å². The molecule has 0 heterocycles. The van der Waals surface area contributed by atoms with Crippen LogP contribution in [0.25, 0.3) is 0 Å². The molecule has 6 heteroatoms. The van der Waals surface area contributed by atoms with Crippen LogP contribution in [0.3, 0.4) is 0 Å². The minimum atomic E-state index is -0.624. The molecule has 0 aliphatic rings. The summed E-state index contributed by atoms with van der Waals surface area (Å²) in [5.41, 5.74) is -0.167. The van der Waals surface area contributed by atoms with Crippen LogP contribution >= 0.6 is 0 Å². The fraction of sp³-hybridized carbons (Fsp3) is 0.250. The van der Waals surface area contributed by atoms with Gasteiger partial charge in [-0.25, -0.2) is 0 Å². The minimum absolute atomic E-state index is 0.0248. The van der Waals surface area contributed by atoms with Gasteiger partial charge in [0.1, 0.15) is 0 Å². The Bertz CT molecular complexity index is 338. The Hall–Kier alpha value is -1.82. The van der Waals surface area contributed by atoms with Gasteiger partial charge in [-0.3, -0.25) is 10.1 Å². The quantitative estimate of drug-likeness (QED) is 0.554. The molecule has 1 aromatic rings. The fourth-order valence-corrected chi connectivity index (χ4v) is 1.03. The molecule has 0 aromatic heterocycles. The van der Waals surface area contributed by atoms with Crippen molar-refractivity contribution in [1.29, 1.82) is 0 Å². The Balaban J connectivity index is 3.32. The van der Waals surface area contributed by atoms with E-state index in [1.54, 1.807) is 0 Å². The third kappa shape index (κ3) is 1.74. The molecule has 0 aliphatic carbocycles. The molecule has 1 aromatic carbocycles. The molecule has 0 atom stereocenters. The Morgan fingerprint density at radius 2 is 2.21 bits per heavy atom. The molecule has 14 heavy (non-hydrogen) atoms. The van der Waals surface area contributed by atoms with Crippen LogP contribution in [-0.4, -0.2) is 22.2 Å². The Morgan fingerprint density at radius 1 is 1.57 bits per heavy atom. The maximum atomic E-state index is 10.4. The Labute approximate surface area is 79.5 Å². The van der Waals surface area contributed by atoms with Crippen LogP contribution in [0.1, 0.15) is 5.56 Å². The van der Waals surface area contributed by atoms with E-state index >= 15 is 0 Å². The van der Waals surface area contributed by atoms with Gasteiger partial charge in [0.15, 0.2) is 11.5 Å². The number of nitro groups is 1. The van der Waals surface area contributed by atoms with Gasteiger partial charge in [0.05, 0.1) is 24.7 Å². The molecule has 0 saturated carbocycles. The number of nitro benzene ring substituents is 1. The maximum absolute atomic E-state index is 10.4. The summed E-state index contributed by atoms with van der Waals surface area (Å²) in [5.74, 6) is -0.302. The largest absolute Gasteiger partial charge is 0.504 e. The lowest BCUT2D eigenvalue weighted by Gasteiger charge is -2.06. The standard InChI is InChI=1S/C8H9NO5/c1-14-7-3-6(9(12)13)2-5(4-10)8(7)11/h2-3,10-11H,4H2,1H3. The summed E-state index contributed by atoms with van der Waals surface area (Å²) in [6.45, 7) is -0.482. The van der Waals surface area contributed by atoms with Crippen molar-refractivity contribution >= 4 is 5.69 Å². The van der Waals surface area contributed by atoms with Crippen molar-refractivity contribution in [3.8, 4) is 11.5 Å². The first-order valence-corrected chi connectivity index (χ1v) is 3.75. The highest BCUT2D eigenvalue weighted by Gasteiger charge is 2.15. The van der Waals surface area contributed by atoms with Gasteiger partial charge in [0.2, 0.25) is 0 Å². The van der Waals surface area contributed by atoms with Crippen LogP contribution < -0.4 is 4.74 Å². The van der Waals surface area contributed by atoms with Crippen molar-refractivity contribution in [1.82, 2.24) is 0 Å². The summed E-state index contributed by atoms with van der Waals surface area (Å²) in [7, 11) is 1.28. The fourth-order valence-electron chi connectivity index (χ4n) is 1.03. The first-order valence-electron chi connectivity index (χ1n) is 3.75. The van der Waals surface area contributed by atoms with Gasteiger partial charge in [0.25, 0.3) is 5.69 Å². The van der Waals surface area contributed by atoms with Gasteiger partial charge in [-0.1, -0.05) is 0 Å². The normalized spacial score (nSPS) is 9.86. The van der Waals surface area contributed by atoms with E-state index in [4.69, 9.17) is 9.84 Å². The minimum Gasteiger partial charge on any atom is -0.504 e. The second kappa shape index (κ2) is 3.93. The van der Waals surface area contributed by atoms with E-state index in [-0.39, 0.29) is 22.7 Å². The Morgan fingerprint density at radius 3 is 2.64 bits per heavy atom. The summed E-state index contributed by atoms with van der Waals surface area (Å²) in [5, 5.41) is 28.6. The van der Waals surface area contributed by atoms with Gasteiger partial charge in [-0.2, -0.15) is 0 Å². The van der Waals surface area contributed by atoms with Crippen LogP contribution in [0.4, 0.5) is 5.69 Å². The number of aromatic hydroxyl groups is 1. The van der Waals surface area contributed by atoms with E-state index in [2.05, 4.69) is 0 Å². The van der Waals surface area contributed by atoms with Gasteiger partial charge in [-0.05, 0) is 0 Å². The van der Waals surface area contributed by atoms with E-state index in [1.165, 1.54) is 7.11 Å². The smallest absolute Gasteiger partial charge is 0.273 e. The van der Waals surface area contributed by atoms with E-state index in [0.717, 1.165) is 12.1 Å². The predicted molar refractivity (Wildman–Crippen MR) is 47.2 cm³/mol. The number of nitrogens with zero attached hydrogens (tertiary/aromatic N) is 1. The second-order valence-electron chi connectivity index (χ2n) is 2.57.